The maximum Gasteiger partial charge on any atom is 0.309 e. The number of hydrogen-bond acceptors (Lipinski definition) is 3. The Morgan fingerprint density at radius 1 is 1.40 bits per heavy atom. The van der Waals surface area contributed by atoms with Gasteiger partial charge in [-0.3, -0.25) is 4.79 Å². The lowest BCUT2D eigenvalue weighted by atomic mass is 10.2. The number of carboxylic acid groups (broad SMARTS) is 1. The van der Waals surface area contributed by atoms with Crippen LogP contribution in [-0.2, 0) is 11.2 Å². The molecule has 1 N–H and O–H groups in total. The number of aryl methyl sites for hydroxylation is 1. The van der Waals surface area contributed by atoms with Crippen molar-refractivity contribution in [3.8, 4) is 11.5 Å². The average Bonchev–Trinajstić information content (AvgIpc) is 2.94. The largest absolute Gasteiger partial charge is 0.481 e. The summed E-state index contributed by atoms with van der Waals surface area (Å²) in [4.78, 5) is 15.6. The summed E-state index contributed by atoms with van der Waals surface area (Å²) in [5.41, 5.74) is 2.91. The predicted octanol–water partition coefficient (Wildman–Crippen LogP) is 3.29. The van der Waals surface area contributed by atoms with Gasteiger partial charge in [0.1, 0.15) is 11.3 Å². The van der Waals surface area contributed by atoms with E-state index in [1.165, 1.54) is 0 Å². The van der Waals surface area contributed by atoms with Gasteiger partial charge in [0.2, 0.25) is 0 Å². The van der Waals surface area contributed by atoms with Gasteiger partial charge in [0.05, 0.1) is 12.1 Å². The van der Waals surface area contributed by atoms with Gasteiger partial charge in [-0.05, 0) is 46.6 Å². The minimum Gasteiger partial charge on any atom is -0.481 e. The monoisotopic (exact) mass is 334 g/mol. The Kier molecular flexibility index (Phi) is 3.10. The van der Waals surface area contributed by atoms with Gasteiger partial charge in [0.25, 0.3) is 0 Å². The second-order valence-electron chi connectivity index (χ2n) is 4.52. The molecule has 3 heterocycles. The van der Waals surface area contributed by atoms with Crippen LogP contribution in [0.1, 0.15) is 11.3 Å². The number of carbonyl (C=O) groups is 1. The lowest BCUT2D eigenvalue weighted by Gasteiger charge is -2.01. The van der Waals surface area contributed by atoms with Gasteiger partial charge in [0, 0.05) is 6.20 Å². The molecule has 0 aliphatic rings. The van der Waals surface area contributed by atoms with Crippen LogP contribution < -0.4 is 0 Å². The van der Waals surface area contributed by atoms with Crippen molar-refractivity contribution in [3.63, 3.8) is 0 Å². The van der Waals surface area contributed by atoms with Crippen LogP contribution in [0.5, 0.6) is 0 Å². The van der Waals surface area contributed by atoms with Crippen LogP contribution in [0.3, 0.4) is 0 Å². The molecule has 0 saturated heterocycles. The zero-order chi connectivity index (χ0) is 14.3. The molecule has 0 radical (unpaired) electrons. The van der Waals surface area contributed by atoms with Gasteiger partial charge in [0.15, 0.2) is 10.4 Å². The molecule has 0 fully saturated rings. The average molecular weight is 335 g/mol. The SMILES string of the molecule is Cc1ccc2nc(-c3ccc(Br)o3)c(CC(=O)O)n2c1. The number of fused-ring (bicyclic) bond motifs is 1. The number of carboxylic acids is 1. The number of imidazole rings is 1. The molecule has 102 valence electrons. The van der Waals surface area contributed by atoms with Crippen LogP contribution in [0.15, 0.2) is 39.5 Å². The highest BCUT2D eigenvalue weighted by Gasteiger charge is 2.19. The van der Waals surface area contributed by atoms with Gasteiger partial charge < -0.3 is 13.9 Å². The normalized spacial score (nSPS) is 11.1. The number of aromatic nitrogens is 2. The predicted molar refractivity (Wildman–Crippen MR) is 76.7 cm³/mol. The first-order valence-corrected chi connectivity index (χ1v) is 6.79. The maximum atomic E-state index is 11.1. The standard InChI is InChI=1S/C14H11BrN2O3/c1-8-2-5-12-16-14(10-3-4-11(15)20-10)9(6-13(18)19)17(12)7-8/h2-5,7H,6H2,1H3,(H,18,19). The molecule has 3 rings (SSSR count). The molecule has 3 aromatic rings. The van der Waals surface area contributed by atoms with Crippen LogP contribution in [0.25, 0.3) is 17.1 Å². The molecule has 5 nitrogen and oxygen atoms in total. The molecule has 0 atom stereocenters. The minimum atomic E-state index is -0.903. The van der Waals surface area contributed by atoms with E-state index in [1.807, 2.05) is 25.3 Å². The third-order valence-electron chi connectivity index (χ3n) is 2.99. The molecule has 0 aromatic carbocycles. The lowest BCUT2D eigenvalue weighted by molar-refractivity contribution is -0.136. The molecule has 6 heteroatoms. The third kappa shape index (κ3) is 2.22. The Morgan fingerprint density at radius 3 is 2.85 bits per heavy atom. The van der Waals surface area contributed by atoms with E-state index < -0.39 is 5.97 Å². The van der Waals surface area contributed by atoms with Crippen molar-refractivity contribution in [3.05, 3.63) is 46.4 Å². The molecule has 0 unspecified atom stereocenters. The van der Waals surface area contributed by atoms with Crippen molar-refractivity contribution in [2.24, 2.45) is 0 Å². The van der Waals surface area contributed by atoms with E-state index in [0.29, 0.717) is 27.5 Å². The van der Waals surface area contributed by atoms with Gasteiger partial charge in [-0.2, -0.15) is 0 Å². The number of halogens is 1. The summed E-state index contributed by atoms with van der Waals surface area (Å²) < 4.78 is 7.89. The first kappa shape index (κ1) is 12.9. The Bertz CT molecular complexity index is 804. The van der Waals surface area contributed by atoms with Crippen LogP contribution >= 0.6 is 15.9 Å². The Hall–Kier alpha value is -2.08. The highest BCUT2D eigenvalue weighted by atomic mass is 79.9. The summed E-state index contributed by atoms with van der Waals surface area (Å²) in [6, 6.07) is 7.33. The topological polar surface area (TPSA) is 67.7 Å². The van der Waals surface area contributed by atoms with E-state index in [-0.39, 0.29) is 6.42 Å². The van der Waals surface area contributed by atoms with E-state index in [0.717, 1.165) is 5.56 Å². The van der Waals surface area contributed by atoms with Crippen molar-refractivity contribution in [1.29, 1.82) is 0 Å². The number of nitrogens with zero attached hydrogens (tertiary/aromatic N) is 2. The van der Waals surface area contributed by atoms with Crippen molar-refractivity contribution >= 4 is 27.5 Å². The highest BCUT2D eigenvalue weighted by Crippen LogP contribution is 2.28. The molecule has 20 heavy (non-hydrogen) atoms. The van der Waals surface area contributed by atoms with Gasteiger partial charge in [-0.25, -0.2) is 4.98 Å². The fraction of sp³-hybridized carbons (Fsp3) is 0.143. The number of furan rings is 1. The summed E-state index contributed by atoms with van der Waals surface area (Å²) in [7, 11) is 0. The molecule has 0 spiro atoms. The van der Waals surface area contributed by atoms with Crippen LogP contribution in [0.2, 0.25) is 0 Å². The van der Waals surface area contributed by atoms with E-state index in [4.69, 9.17) is 9.52 Å². The second-order valence-corrected chi connectivity index (χ2v) is 5.30. The summed E-state index contributed by atoms with van der Waals surface area (Å²) in [5, 5.41) is 9.11. The van der Waals surface area contributed by atoms with Gasteiger partial charge in [-0.1, -0.05) is 6.07 Å². The molecule has 0 aliphatic carbocycles. The van der Waals surface area contributed by atoms with Crippen LogP contribution in [-0.4, -0.2) is 20.5 Å². The summed E-state index contributed by atoms with van der Waals surface area (Å²) in [5.74, 6) is -0.352. The third-order valence-corrected chi connectivity index (χ3v) is 3.42. The molecule has 0 bridgehead atoms. The number of hydrogen-bond donors (Lipinski definition) is 1. The Labute approximate surface area is 123 Å². The highest BCUT2D eigenvalue weighted by molar-refractivity contribution is 9.10. The van der Waals surface area contributed by atoms with E-state index in [9.17, 15) is 4.79 Å². The zero-order valence-corrected chi connectivity index (χ0v) is 12.2. The quantitative estimate of drug-likeness (QED) is 0.797. The zero-order valence-electron chi connectivity index (χ0n) is 10.6. The van der Waals surface area contributed by atoms with E-state index in [2.05, 4.69) is 20.9 Å². The summed E-state index contributed by atoms with van der Waals surface area (Å²) in [6.45, 7) is 1.95. The Morgan fingerprint density at radius 2 is 2.20 bits per heavy atom. The molecular weight excluding hydrogens is 324 g/mol. The fourth-order valence-corrected chi connectivity index (χ4v) is 2.46. The van der Waals surface area contributed by atoms with Crippen molar-refractivity contribution < 1.29 is 14.3 Å². The number of pyridine rings is 1. The van der Waals surface area contributed by atoms with Gasteiger partial charge >= 0.3 is 5.97 Å². The minimum absolute atomic E-state index is 0.113. The first-order valence-electron chi connectivity index (χ1n) is 5.99. The number of rotatable bonds is 3. The van der Waals surface area contributed by atoms with Crippen LogP contribution in [0, 0.1) is 6.92 Å². The molecule has 0 saturated carbocycles. The second kappa shape index (κ2) is 4.79. The van der Waals surface area contributed by atoms with Crippen molar-refractivity contribution in [2.75, 3.05) is 0 Å². The lowest BCUT2D eigenvalue weighted by Crippen LogP contribution is -2.04. The maximum absolute atomic E-state index is 11.1. The van der Waals surface area contributed by atoms with E-state index in [1.54, 1.807) is 16.5 Å². The first-order chi connectivity index (χ1) is 9.54. The van der Waals surface area contributed by atoms with Crippen LogP contribution in [0.4, 0.5) is 0 Å². The van der Waals surface area contributed by atoms with Crippen molar-refractivity contribution in [2.45, 2.75) is 13.3 Å². The van der Waals surface area contributed by atoms with Gasteiger partial charge in [-0.15, -0.1) is 0 Å². The fourth-order valence-electron chi connectivity index (χ4n) is 2.15. The molecular formula is C14H11BrN2O3. The summed E-state index contributed by atoms with van der Waals surface area (Å²) >= 11 is 3.24. The number of aliphatic carboxylic acids is 1. The summed E-state index contributed by atoms with van der Waals surface area (Å²) in [6.07, 6.45) is 1.76. The van der Waals surface area contributed by atoms with E-state index >= 15 is 0 Å². The smallest absolute Gasteiger partial charge is 0.309 e. The molecule has 3 aromatic heterocycles. The molecule has 0 amide bonds. The molecule has 0 aliphatic heterocycles. The van der Waals surface area contributed by atoms with Crippen molar-refractivity contribution in [1.82, 2.24) is 9.38 Å². The Balaban J connectivity index is 2.27.